The molecule has 2 aliphatic carbocycles. The van der Waals surface area contributed by atoms with E-state index in [0.717, 1.165) is 31.3 Å². The van der Waals surface area contributed by atoms with Crippen LogP contribution in [0.5, 0.6) is 0 Å². The summed E-state index contributed by atoms with van der Waals surface area (Å²) in [6, 6.07) is 0. The highest BCUT2D eigenvalue weighted by atomic mass is 16.6. The molecule has 2 aliphatic rings. The van der Waals surface area contributed by atoms with Gasteiger partial charge in [0.2, 0.25) is 0 Å². The summed E-state index contributed by atoms with van der Waals surface area (Å²) in [5.41, 5.74) is 0.778. The molecule has 23 heavy (non-hydrogen) atoms. The summed E-state index contributed by atoms with van der Waals surface area (Å²) >= 11 is 0. The molecular formula is C18H24O5. The molecule has 126 valence electrons. The van der Waals surface area contributed by atoms with Crippen LogP contribution in [0, 0.1) is 5.92 Å². The predicted molar refractivity (Wildman–Crippen MR) is 85.7 cm³/mol. The molecule has 0 N–H and O–H groups in total. The van der Waals surface area contributed by atoms with Gasteiger partial charge in [-0.25, -0.2) is 4.79 Å². The van der Waals surface area contributed by atoms with Crippen molar-refractivity contribution in [2.75, 3.05) is 26.4 Å². The number of esters is 2. The Morgan fingerprint density at radius 1 is 1.04 bits per heavy atom. The third-order valence-corrected chi connectivity index (χ3v) is 3.77. The largest absolute Gasteiger partial charge is 0.463 e. The first-order chi connectivity index (χ1) is 11.3. The average Bonchev–Trinajstić information content (AvgIpc) is 2.62. The number of allylic oxidation sites excluding steroid dienone is 4. The van der Waals surface area contributed by atoms with E-state index in [-0.39, 0.29) is 31.1 Å². The maximum absolute atomic E-state index is 11.7. The summed E-state index contributed by atoms with van der Waals surface area (Å²) in [6.45, 7) is 1.05. The molecule has 0 saturated heterocycles. The fourth-order valence-corrected chi connectivity index (χ4v) is 2.48. The molecule has 0 spiro atoms. The van der Waals surface area contributed by atoms with E-state index in [0.29, 0.717) is 19.6 Å². The summed E-state index contributed by atoms with van der Waals surface area (Å²) in [4.78, 5) is 23.4. The zero-order valence-electron chi connectivity index (χ0n) is 13.4. The lowest BCUT2D eigenvalue weighted by atomic mass is 10.00. The normalized spacial score (nSPS) is 20.0. The molecule has 0 fully saturated rings. The maximum Gasteiger partial charge on any atom is 0.333 e. The molecule has 0 saturated carbocycles. The monoisotopic (exact) mass is 320 g/mol. The van der Waals surface area contributed by atoms with Gasteiger partial charge in [-0.15, -0.1) is 0 Å². The number of rotatable bonds is 8. The second-order valence-corrected chi connectivity index (χ2v) is 5.55. The fourth-order valence-electron chi connectivity index (χ4n) is 2.48. The number of hydrogen-bond donors (Lipinski definition) is 0. The van der Waals surface area contributed by atoms with Crippen LogP contribution in [0.4, 0.5) is 0 Å². The van der Waals surface area contributed by atoms with E-state index in [1.165, 1.54) is 0 Å². The SMILES string of the molecule is O=C(OCCOCCOC(=O)C1C=CC=CC1)C1=CCCCC1. The lowest BCUT2D eigenvalue weighted by molar-refractivity contribution is -0.148. The molecule has 0 aromatic heterocycles. The Morgan fingerprint density at radius 3 is 2.57 bits per heavy atom. The van der Waals surface area contributed by atoms with Gasteiger partial charge in [0.05, 0.1) is 19.1 Å². The van der Waals surface area contributed by atoms with E-state index in [1.54, 1.807) is 0 Å². The van der Waals surface area contributed by atoms with Crippen LogP contribution >= 0.6 is 0 Å². The number of carbonyl (C=O) groups excluding carboxylic acids is 2. The summed E-state index contributed by atoms with van der Waals surface area (Å²) in [7, 11) is 0. The Hall–Kier alpha value is -1.88. The minimum atomic E-state index is -0.239. The van der Waals surface area contributed by atoms with Crippen LogP contribution in [0.25, 0.3) is 0 Å². The summed E-state index contributed by atoms with van der Waals surface area (Å²) in [5.74, 6) is -0.661. The Morgan fingerprint density at radius 2 is 1.87 bits per heavy atom. The number of carbonyl (C=O) groups is 2. The van der Waals surface area contributed by atoms with Gasteiger partial charge in [0.15, 0.2) is 0 Å². The van der Waals surface area contributed by atoms with E-state index >= 15 is 0 Å². The van der Waals surface area contributed by atoms with Crippen LogP contribution < -0.4 is 0 Å². The highest BCUT2D eigenvalue weighted by molar-refractivity contribution is 5.88. The van der Waals surface area contributed by atoms with Gasteiger partial charge >= 0.3 is 11.9 Å². The van der Waals surface area contributed by atoms with Crippen molar-refractivity contribution in [2.24, 2.45) is 5.92 Å². The lowest BCUT2D eigenvalue weighted by Gasteiger charge is -2.13. The summed E-state index contributed by atoms with van der Waals surface area (Å²) in [6.07, 6.45) is 14.1. The lowest BCUT2D eigenvalue weighted by Crippen LogP contribution is -2.19. The Balaban J connectivity index is 1.47. The molecular weight excluding hydrogens is 296 g/mol. The third kappa shape index (κ3) is 6.40. The molecule has 5 nitrogen and oxygen atoms in total. The van der Waals surface area contributed by atoms with E-state index in [1.807, 2.05) is 30.4 Å². The highest BCUT2D eigenvalue weighted by Gasteiger charge is 2.16. The molecule has 2 rings (SSSR count). The minimum Gasteiger partial charge on any atom is -0.463 e. The molecule has 0 amide bonds. The van der Waals surface area contributed by atoms with Crippen LogP contribution in [0.1, 0.15) is 32.1 Å². The zero-order chi connectivity index (χ0) is 16.3. The van der Waals surface area contributed by atoms with Gasteiger partial charge in [-0.2, -0.15) is 0 Å². The van der Waals surface area contributed by atoms with Crippen molar-refractivity contribution in [3.63, 3.8) is 0 Å². The minimum absolute atomic E-state index is 0.190. The fraction of sp³-hybridized carbons (Fsp3) is 0.556. The van der Waals surface area contributed by atoms with Crippen LogP contribution in [0.2, 0.25) is 0 Å². The van der Waals surface area contributed by atoms with Gasteiger partial charge in [-0.3, -0.25) is 4.79 Å². The molecule has 1 unspecified atom stereocenters. The first kappa shape index (κ1) is 17.5. The molecule has 0 aromatic rings. The van der Waals surface area contributed by atoms with Crippen molar-refractivity contribution >= 4 is 11.9 Å². The van der Waals surface area contributed by atoms with Gasteiger partial charge < -0.3 is 14.2 Å². The number of ether oxygens (including phenoxy) is 3. The molecule has 0 aromatic carbocycles. The van der Waals surface area contributed by atoms with E-state index in [2.05, 4.69) is 0 Å². The summed E-state index contributed by atoms with van der Waals surface area (Å²) < 4.78 is 15.6. The quantitative estimate of drug-likeness (QED) is 0.508. The highest BCUT2D eigenvalue weighted by Crippen LogP contribution is 2.18. The number of hydrogen-bond acceptors (Lipinski definition) is 5. The smallest absolute Gasteiger partial charge is 0.333 e. The predicted octanol–water partition coefficient (Wildman–Crippen LogP) is 2.72. The molecule has 5 heteroatoms. The summed E-state index contributed by atoms with van der Waals surface area (Å²) in [5, 5.41) is 0. The average molecular weight is 320 g/mol. The first-order valence-electron chi connectivity index (χ1n) is 8.21. The van der Waals surface area contributed by atoms with Gasteiger partial charge in [-0.05, 0) is 32.1 Å². The van der Waals surface area contributed by atoms with Crippen molar-refractivity contribution in [1.82, 2.24) is 0 Å². The van der Waals surface area contributed by atoms with Crippen LogP contribution in [-0.2, 0) is 23.8 Å². The van der Waals surface area contributed by atoms with Crippen LogP contribution in [-0.4, -0.2) is 38.4 Å². The molecule has 0 radical (unpaired) electrons. The molecule has 0 bridgehead atoms. The second kappa shape index (κ2) is 10.0. The van der Waals surface area contributed by atoms with Gasteiger partial charge in [0.1, 0.15) is 13.2 Å². The van der Waals surface area contributed by atoms with Gasteiger partial charge in [0, 0.05) is 5.57 Å². The first-order valence-corrected chi connectivity index (χ1v) is 8.21. The van der Waals surface area contributed by atoms with E-state index in [4.69, 9.17) is 14.2 Å². The van der Waals surface area contributed by atoms with Crippen LogP contribution in [0.3, 0.4) is 0 Å². The van der Waals surface area contributed by atoms with Crippen molar-refractivity contribution in [3.8, 4) is 0 Å². The third-order valence-electron chi connectivity index (χ3n) is 3.77. The van der Waals surface area contributed by atoms with Crippen molar-refractivity contribution < 1.29 is 23.8 Å². The van der Waals surface area contributed by atoms with Crippen LogP contribution in [0.15, 0.2) is 36.0 Å². The van der Waals surface area contributed by atoms with Crippen molar-refractivity contribution in [3.05, 3.63) is 36.0 Å². The standard InChI is InChI=1S/C18H24O5/c19-17(15-7-3-1-4-8-15)22-13-11-21-12-14-23-18(20)16-9-5-2-6-10-16/h1,3-4,7,9,15H,2,5-6,8,10-14H2. The molecule has 0 aliphatic heterocycles. The Bertz CT molecular complexity index is 490. The maximum atomic E-state index is 11.7. The zero-order valence-corrected chi connectivity index (χ0v) is 13.4. The molecule has 1 atom stereocenters. The molecule has 0 heterocycles. The second-order valence-electron chi connectivity index (χ2n) is 5.55. The van der Waals surface area contributed by atoms with E-state index in [9.17, 15) is 9.59 Å². The van der Waals surface area contributed by atoms with Crippen molar-refractivity contribution in [1.29, 1.82) is 0 Å². The van der Waals surface area contributed by atoms with Crippen molar-refractivity contribution in [2.45, 2.75) is 32.1 Å². The van der Waals surface area contributed by atoms with E-state index < -0.39 is 0 Å². The topological polar surface area (TPSA) is 61.8 Å². The van der Waals surface area contributed by atoms with Gasteiger partial charge in [0.25, 0.3) is 0 Å². The Kier molecular flexibility index (Phi) is 7.60. The van der Waals surface area contributed by atoms with Gasteiger partial charge in [-0.1, -0.05) is 30.4 Å². The Labute approximate surface area is 137 Å².